The molecule has 2 unspecified atom stereocenters. The number of hydrogen-bond donors (Lipinski definition) is 1. The van der Waals surface area contributed by atoms with Crippen LogP contribution in [-0.4, -0.2) is 11.0 Å². The first-order valence-electron chi connectivity index (χ1n) is 7.07. The van der Waals surface area contributed by atoms with E-state index >= 15 is 0 Å². The minimum absolute atomic E-state index is 0.343. The third kappa shape index (κ3) is 3.13. The molecule has 0 saturated carbocycles. The van der Waals surface area contributed by atoms with Gasteiger partial charge in [-0.1, -0.05) is 22.0 Å². The lowest BCUT2D eigenvalue weighted by atomic mass is 9.88. The zero-order valence-electron chi connectivity index (χ0n) is 11.8. The van der Waals surface area contributed by atoms with Crippen molar-refractivity contribution in [2.24, 2.45) is 0 Å². The lowest BCUT2D eigenvalue weighted by molar-refractivity contribution is 0.413. The molecule has 1 aliphatic carbocycles. The van der Waals surface area contributed by atoms with Crippen LogP contribution in [0.4, 0.5) is 0 Å². The first-order chi connectivity index (χ1) is 9.61. The van der Waals surface area contributed by atoms with E-state index in [0.717, 1.165) is 18.5 Å². The fourth-order valence-corrected chi connectivity index (χ4v) is 4.08. The highest BCUT2D eigenvalue weighted by Gasteiger charge is 2.21. The molecule has 0 saturated heterocycles. The third-order valence-corrected chi connectivity index (χ3v) is 5.53. The SMILES string of the molecule is Cc1csc(C(C)NC2CCc3cc(Br)ccc3C2)n1. The Bertz CT molecular complexity index is 608. The number of rotatable bonds is 3. The molecular formula is C16H19BrN2S. The van der Waals surface area contributed by atoms with Crippen LogP contribution in [0.15, 0.2) is 28.1 Å². The molecule has 2 nitrogen and oxygen atoms in total. The molecule has 20 heavy (non-hydrogen) atoms. The monoisotopic (exact) mass is 350 g/mol. The van der Waals surface area contributed by atoms with Crippen molar-refractivity contribution < 1.29 is 0 Å². The van der Waals surface area contributed by atoms with Gasteiger partial charge in [-0.2, -0.15) is 0 Å². The molecule has 106 valence electrons. The summed E-state index contributed by atoms with van der Waals surface area (Å²) in [4.78, 5) is 4.58. The number of hydrogen-bond acceptors (Lipinski definition) is 3. The maximum atomic E-state index is 4.58. The van der Waals surface area contributed by atoms with Gasteiger partial charge in [-0.3, -0.25) is 0 Å². The summed E-state index contributed by atoms with van der Waals surface area (Å²) in [6, 6.07) is 7.57. The van der Waals surface area contributed by atoms with Crippen LogP contribution in [0.25, 0.3) is 0 Å². The highest BCUT2D eigenvalue weighted by molar-refractivity contribution is 9.10. The van der Waals surface area contributed by atoms with Gasteiger partial charge in [-0.25, -0.2) is 4.98 Å². The molecule has 1 N–H and O–H groups in total. The molecule has 0 amide bonds. The highest BCUT2D eigenvalue weighted by atomic mass is 79.9. The largest absolute Gasteiger partial charge is 0.305 e. The summed E-state index contributed by atoms with van der Waals surface area (Å²) < 4.78 is 1.19. The average Bonchev–Trinajstić information content (AvgIpc) is 2.86. The number of nitrogens with zero attached hydrogens (tertiary/aromatic N) is 1. The quantitative estimate of drug-likeness (QED) is 0.885. The molecule has 0 spiro atoms. The van der Waals surface area contributed by atoms with Gasteiger partial charge in [0.2, 0.25) is 0 Å². The average molecular weight is 351 g/mol. The van der Waals surface area contributed by atoms with Gasteiger partial charge >= 0.3 is 0 Å². The lowest BCUT2D eigenvalue weighted by Crippen LogP contribution is -2.36. The van der Waals surface area contributed by atoms with E-state index in [-0.39, 0.29) is 0 Å². The Kier molecular flexibility index (Phi) is 4.24. The van der Waals surface area contributed by atoms with Crippen LogP contribution in [0, 0.1) is 6.92 Å². The van der Waals surface area contributed by atoms with Crippen molar-refractivity contribution >= 4 is 27.3 Å². The molecule has 1 heterocycles. The van der Waals surface area contributed by atoms with Crippen molar-refractivity contribution in [2.45, 2.75) is 45.2 Å². The lowest BCUT2D eigenvalue weighted by Gasteiger charge is -2.28. The van der Waals surface area contributed by atoms with E-state index in [1.165, 1.54) is 27.0 Å². The minimum Gasteiger partial charge on any atom is -0.305 e. The second-order valence-electron chi connectivity index (χ2n) is 5.57. The highest BCUT2D eigenvalue weighted by Crippen LogP contribution is 2.26. The van der Waals surface area contributed by atoms with Crippen molar-refractivity contribution in [1.29, 1.82) is 0 Å². The Hall–Kier alpha value is -0.710. The molecule has 4 heteroatoms. The van der Waals surface area contributed by atoms with Crippen molar-refractivity contribution in [2.75, 3.05) is 0 Å². The van der Waals surface area contributed by atoms with Crippen LogP contribution in [0.1, 0.15) is 41.2 Å². The van der Waals surface area contributed by atoms with Gasteiger partial charge in [0, 0.05) is 21.6 Å². The molecule has 1 aliphatic rings. The number of halogens is 1. The summed E-state index contributed by atoms with van der Waals surface area (Å²) in [5.41, 5.74) is 4.10. The van der Waals surface area contributed by atoms with E-state index in [1.54, 1.807) is 11.3 Å². The van der Waals surface area contributed by atoms with Crippen molar-refractivity contribution in [3.8, 4) is 0 Å². The van der Waals surface area contributed by atoms with E-state index in [9.17, 15) is 0 Å². The van der Waals surface area contributed by atoms with Gasteiger partial charge in [0.05, 0.1) is 6.04 Å². The van der Waals surface area contributed by atoms with E-state index in [0.29, 0.717) is 12.1 Å². The maximum absolute atomic E-state index is 4.58. The molecule has 2 atom stereocenters. The third-order valence-electron chi connectivity index (χ3n) is 3.89. The van der Waals surface area contributed by atoms with Crippen LogP contribution >= 0.6 is 27.3 Å². The number of thiazole rings is 1. The fraction of sp³-hybridized carbons (Fsp3) is 0.438. The molecule has 1 aromatic heterocycles. The number of fused-ring (bicyclic) bond motifs is 1. The smallest absolute Gasteiger partial charge is 0.110 e. The number of nitrogens with one attached hydrogen (secondary N) is 1. The van der Waals surface area contributed by atoms with Crippen LogP contribution in [0.2, 0.25) is 0 Å². The zero-order valence-corrected chi connectivity index (χ0v) is 14.2. The fourth-order valence-electron chi connectivity index (χ4n) is 2.86. The Balaban J connectivity index is 1.67. The topological polar surface area (TPSA) is 24.9 Å². The van der Waals surface area contributed by atoms with Crippen LogP contribution in [0.5, 0.6) is 0 Å². The summed E-state index contributed by atoms with van der Waals surface area (Å²) in [6.07, 6.45) is 3.49. The number of benzene rings is 1. The Labute approximate surface area is 132 Å². The Morgan fingerprint density at radius 3 is 3.00 bits per heavy atom. The van der Waals surface area contributed by atoms with Crippen molar-refractivity contribution in [1.82, 2.24) is 10.3 Å². The summed E-state index contributed by atoms with van der Waals surface area (Å²) in [7, 11) is 0. The standard InChI is InChI=1S/C16H19BrN2S/c1-10-9-20-16(18-10)11(2)19-15-6-4-12-7-14(17)5-3-13(12)8-15/h3,5,7,9,11,15,19H,4,6,8H2,1-2H3. The van der Waals surface area contributed by atoms with E-state index in [4.69, 9.17) is 0 Å². The summed E-state index contributed by atoms with van der Waals surface area (Å²) in [5, 5.41) is 7.06. The van der Waals surface area contributed by atoms with Gasteiger partial charge in [0.1, 0.15) is 5.01 Å². The van der Waals surface area contributed by atoms with Crippen molar-refractivity contribution in [3.05, 3.63) is 49.9 Å². The molecule has 0 bridgehead atoms. The second-order valence-corrected chi connectivity index (χ2v) is 7.37. The van der Waals surface area contributed by atoms with Gasteiger partial charge in [0.25, 0.3) is 0 Å². The zero-order chi connectivity index (χ0) is 14.1. The van der Waals surface area contributed by atoms with Crippen LogP contribution in [-0.2, 0) is 12.8 Å². The Morgan fingerprint density at radius 1 is 1.40 bits per heavy atom. The maximum Gasteiger partial charge on any atom is 0.110 e. The first-order valence-corrected chi connectivity index (χ1v) is 8.74. The Morgan fingerprint density at radius 2 is 2.25 bits per heavy atom. The summed E-state index contributed by atoms with van der Waals surface area (Å²) in [5.74, 6) is 0. The molecule has 1 aromatic carbocycles. The van der Waals surface area contributed by atoms with Gasteiger partial charge < -0.3 is 5.32 Å². The molecule has 2 aromatic rings. The molecule has 0 fully saturated rings. The number of aromatic nitrogens is 1. The second kappa shape index (κ2) is 5.96. The number of aryl methyl sites for hydroxylation is 2. The normalized spacial score (nSPS) is 19.6. The molecule has 0 radical (unpaired) electrons. The van der Waals surface area contributed by atoms with Crippen LogP contribution in [0.3, 0.4) is 0 Å². The van der Waals surface area contributed by atoms with Crippen molar-refractivity contribution in [3.63, 3.8) is 0 Å². The molecule has 3 rings (SSSR count). The predicted octanol–water partition coefficient (Wildman–Crippen LogP) is 4.42. The van der Waals surface area contributed by atoms with Gasteiger partial charge in [0.15, 0.2) is 0 Å². The summed E-state index contributed by atoms with van der Waals surface area (Å²) in [6.45, 7) is 4.27. The summed E-state index contributed by atoms with van der Waals surface area (Å²) >= 11 is 5.31. The minimum atomic E-state index is 0.343. The predicted molar refractivity (Wildman–Crippen MR) is 88.4 cm³/mol. The molecule has 0 aliphatic heterocycles. The van der Waals surface area contributed by atoms with E-state index in [2.05, 4.69) is 63.7 Å². The molecular weight excluding hydrogens is 332 g/mol. The van der Waals surface area contributed by atoms with Crippen LogP contribution < -0.4 is 5.32 Å². The van der Waals surface area contributed by atoms with Gasteiger partial charge in [-0.05, 0) is 56.4 Å². The first kappa shape index (κ1) is 14.2. The van der Waals surface area contributed by atoms with Gasteiger partial charge in [-0.15, -0.1) is 11.3 Å². The van der Waals surface area contributed by atoms with E-state index < -0.39 is 0 Å². The van der Waals surface area contributed by atoms with E-state index in [1.807, 2.05) is 0 Å².